The van der Waals surface area contributed by atoms with Gasteiger partial charge >= 0.3 is 5.97 Å². The van der Waals surface area contributed by atoms with Gasteiger partial charge in [0.2, 0.25) is 0 Å². The molecule has 30 heavy (non-hydrogen) atoms. The van der Waals surface area contributed by atoms with E-state index in [1.165, 1.54) is 0 Å². The maximum atomic E-state index is 13.4. The topological polar surface area (TPSA) is 107 Å². The van der Waals surface area contributed by atoms with Crippen molar-refractivity contribution in [1.29, 1.82) is 0 Å². The molecule has 0 saturated carbocycles. The number of carbonyl (C=O) groups is 1. The van der Waals surface area contributed by atoms with Crippen LogP contribution in [0.3, 0.4) is 0 Å². The van der Waals surface area contributed by atoms with Crippen molar-refractivity contribution in [3.05, 3.63) is 56.9 Å². The molecule has 0 amide bonds. The SMILES string of the molecule is CCCc1c2c(nc3ccccc13)-c1c(N)c3c(c(=O)n1C2)COC(=O)C3(O)CC. The van der Waals surface area contributed by atoms with E-state index in [2.05, 4.69) is 13.0 Å². The van der Waals surface area contributed by atoms with Gasteiger partial charge in [-0.15, -0.1) is 0 Å². The molecule has 154 valence electrons. The molecule has 7 nitrogen and oxygen atoms in total. The van der Waals surface area contributed by atoms with Crippen LogP contribution < -0.4 is 11.3 Å². The van der Waals surface area contributed by atoms with Crippen LogP contribution in [0.1, 0.15) is 48.9 Å². The molecule has 3 N–H and O–H groups in total. The highest BCUT2D eigenvalue weighted by atomic mass is 16.6. The molecule has 3 aromatic rings. The number of nitrogens with two attached hydrogens (primary N) is 1. The van der Waals surface area contributed by atoms with Crippen LogP contribution >= 0.6 is 0 Å². The smallest absolute Gasteiger partial charge is 0.343 e. The number of hydrogen-bond donors (Lipinski definition) is 2. The minimum Gasteiger partial charge on any atom is -0.458 e. The van der Waals surface area contributed by atoms with E-state index >= 15 is 0 Å². The minimum atomic E-state index is -1.93. The normalized spacial score (nSPS) is 19.4. The van der Waals surface area contributed by atoms with Crippen molar-refractivity contribution in [3.8, 4) is 11.4 Å². The Hall–Kier alpha value is -3.19. The number of ether oxygens (including phenoxy) is 1. The van der Waals surface area contributed by atoms with Crippen LogP contribution in [0.2, 0.25) is 0 Å². The van der Waals surface area contributed by atoms with Crippen LogP contribution in [0.15, 0.2) is 29.1 Å². The second kappa shape index (κ2) is 6.40. The predicted molar refractivity (Wildman–Crippen MR) is 113 cm³/mol. The molecule has 0 radical (unpaired) electrons. The fourth-order valence-electron chi connectivity index (χ4n) is 4.87. The van der Waals surface area contributed by atoms with Crippen molar-refractivity contribution in [2.24, 2.45) is 0 Å². The highest BCUT2D eigenvalue weighted by Crippen LogP contribution is 2.44. The van der Waals surface area contributed by atoms with Gasteiger partial charge in [0.05, 0.1) is 34.7 Å². The van der Waals surface area contributed by atoms with E-state index < -0.39 is 11.6 Å². The van der Waals surface area contributed by atoms with E-state index in [0.717, 1.165) is 34.9 Å². The van der Waals surface area contributed by atoms with Gasteiger partial charge < -0.3 is 20.1 Å². The van der Waals surface area contributed by atoms with Gasteiger partial charge in [-0.25, -0.2) is 9.78 Å². The molecule has 2 aliphatic rings. The molecule has 0 aliphatic carbocycles. The van der Waals surface area contributed by atoms with Gasteiger partial charge in [-0.1, -0.05) is 38.5 Å². The van der Waals surface area contributed by atoms with Crippen LogP contribution in [-0.4, -0.2) is 20.6 Å². The van der Waals surface area contributed by atoms with Crippen molar-refractivity contribution >= 4 is 22.6 Å². The summed E-state index contributed by atoms with van der Waals surface area (Å²) in [5.41, 5.74) is 9.11. The van der Waals surface area contributed by atoms with Crippen molar-refractivity contribution in [2.45, 2.75) is 51.9 Å². The summed E-state index contributed by atoms with van der Waals surface area (Å²) in [6.07, 6.45) is 1.87. The molecule has 1 atom stereocenters. The summed E-state index contributed by atoms with van der Waals surface area (Å²) in [4.78, 5) is 30.6. The fraction of sp³-hybridized carbons (Fsp3) is 0.348. The van der Waals surface area contributed by atoms with Gasteiger partial charge in [0, 0.05) is 16.5 Å². The lowest BCUT2D eigenvalue weighted by Gasteiger charge is -2.33. The number of nitrogen functional groups attached to an aromatic ring is 1. The fourth-order valence-corrected chi connectivity index (χ4v) is 4.87. The number of anilines is 1. The Kier molecular flexibility index (Phi) is 4.02. The van der Waals surface area contributed by atoms with E-state index in [1.807, 2.05) is 18.2 Å². The summed E-state index contributed by atoms with van der Waals surface area (Å²) in [5.74, 6) is -0.773. The quantitative estimate of drug-likeness (QED) is 0.508. The largest absolute Gasteiger partial charge is 0.458 e. The third-order valence-corrected chi connectivity index (χ3v) is 6.36. The minimum absolute atomic E-state index is 0.0605. The average molecular weight is 405 g/mol. The Morgan fingerprint density at radius 1 is 1.23 bits per heavy atom. The van der Waals surface area contributed by atoms with E-state index in [4.69, 9.17) is 15.5 Å². The maximum absolute atomic E-state index is 13.4. The molecule has 1 unspecified atom stereocenters. The summed E-state index contributed by atoms with van der Waals surface area (Å²) in [6.45, 7) is 3.97. The molecule has 0 spiro atoms. The number of hydrogen-bond acceptors (Lipinski definition) is 6. The highest BCUT2D eigenvalue weighted by molar-refractivity contribution is 5.93. The Morgan fingerprint density at radius 3 is 2.73 bits per heavy atom. The van der Waals surface area contributed by atoms with Gasteiger partial charge in [0.1, 0.15) is 6.61 Å². The van der Waals surface area contributed by atoms with Crippen LogP contribution in [0, 0.1) is 0 Å². The number of esters is 1. The molecule has 7 heteroatoms. The lowest BCUT2D eigenvalue weighted by molar-refractivity contribution is -0.172. The number of aliphatic hydroxyl groups is 1. The number of rotatable bonds is 3. The van der Waals surface area contributed by atoms with Gasteiger partial charge in [-0.3, -0.25) is 4.79 Å². The number of aromatic nitrogens is 2. The number of pyridine rings is 2. The lowest BCUT2D eigenvalue weighted by atomic mass is 9.84. The molecular formula is C23H23N3O4. The molecule has 0 fully saturated rings. The van der Waals surface area contributed by atoms with Crippen molar-refractivity contribution in [2.75, 3.05) is 5.73 Å². The van der Waals surface area contributed by atoms with Crippen LogP contribution in [0.4, 0.5) is 5.69 Å². The number of benzene rings is 1. The van der Waals surface area contributed by atoms with Gasteiger partial charge in [0.15, 0.2) is 5.60 Å². The van der Waals surface area contributed by atoms with E-state index in [9.17, 15) is 14.7 Å². The van der Waals surface area contributed by atoms with E-state index in [0.29, 0.717) is 17.9 Å². The number of para-hydroxylation sites is 1. The molecule has 0 saturated heterocycles. The zero-order chi connectivity index (χ0) is 21.2. The van der Waals surface area contributed by atoms with Gasteiger partial charge in [-0.05, 0) is 24.5 Å². The number of fused-ring (bicyclic) bond motifs is 5. The maximum Gasteiger partial charge on any atom is 0.343 e. The standard InChI is InChI=1S/C23H23N3O4/c1-3-7-12-13-8-5-6-9-16(13)25-19-14(12)10-26-20(19)18(24)17-15(21(26)27)11-30-22(28)23(17,29)4-2/h5-6,8-9,29H,3-4,7,10-11,24H2,1-2H3. The summed E-state index contributed by atoms with van der Waals surface area (Å²) in [7, 11) is 0. The van der Waals surface area contributed by atoms with Crippen molar-refractivity contribution in [3.63, 3.8) is 0 Å². The average Bonchev–Trinajstić information content (AvgIpc) is 3.13. The van der Waals surface area contributed by atoms with Crippen molar-refractivity contribution < 1.29 is 14.6 Å². The number of nitrogens with zero attached hydrogens (tertiary/aromatic N) is 2. The zero-order valence-corrected chi connectivity index (χ0v) is 17.0. The highest BCUT2D eigenvalue weighted by Gasteiger charge is 2.47. The van der Waals surface area contributed by atoms with Crippen LogP contribution in [0.5, 0.6) is 0 Å². The summed E-state index contributed by atoms with van der Waals surface area (Å²) in [6, 6.07) is 7.92. The van der Waals surface area contributed by atoms with Crippen LogP contribution in [0.25, 0.3) is 22.3 Å². The molecule has 1 aromatic carbocycles. The van der Waals surface area contributed by atoms with Gasteiger partial charge in [0.25, 0.3) is 5.56 Å². The first-order valence-corrected chi connectivity index (χ1v) is 10.3. The van der Waals surface area contributed by atoms with Crippen molar-refractivity contribution in [1.82, 2.24) is 9.55 Å². The predicted octanol–water partition coefficient (Wildman–Crippen LogP) is 2.61. The number of aryl methyl sites for hydroxylation is 1. The second-order valence-corrected chi connectivity index (χ2v) is 7.98. The Balaban J connectivity index is 1.88. The third-order valence-electron chi connectivity index (χ3n) is 6.36. The van der Waals surface area contributed by atoms with Crippen LogP contribution in [-0.2, 0) is 34.7 Å². The molecule has 2 aromatic heterocycles. The van der Waals surface area contributed by atoms with Gasteiger partial charge in [-0.2, -0.15) is 0 Å². The third kappa shape index (κ3) is 2.26. The molecule has 4 heterocycles. The summed E-state index contributed by atoms with van der Waals surface area (Å²) in [5, 5.41) is 12.1. The molecule has 2 aliphatic heterocycles. The van der Waals surface area contributed by atoms with E-state index in [-0.39, 0.29) is 35.4 Å². The first-order valence-electron chi connectivity index (χ1n) is 10.3. The monoisotopic (exact) mass is 405 g/mol. The summed E-state index contributed by atoms with van der Waals surface area (Å²) < 4.78 is 6.75. The Labute approximate surface area is 173 Å². The molecule has 0 bridgehead atoms. The number of carbonyl (C=O) groups excluding carboxylic acids is 1. The molecular weight excluding hydrogens is 382 g/mol. The first kappa shape index (κ1) is 18.8. The molecule has 5 rings (SSSR count). The lowest BCUT2D eigenvalue weighted by Crippen LogP contribution is -2.45. The second-order valence-electron chi connectivity index (χ2n) is 7.98. The van der Waals surface area contributed by atoms with E-state index in [1.54, 1.807) is 11.5 Å². The first-order chi connectivity index (χ1) is 14.4. The zero-order valence-electron chi connectivity index (χ0n) is 17.0. The number of cyclic esters (lactones) is 1. The Morgan fingerprint density at radius 2 is 2.00 bits per heavy atom. The Bertz CT molecular complexity index is 1290. The summed E-state index contributed by atoms with van der Waals surface area (Å²) >= 11 is 0.